The number of pyridine rings is 1. The van der Waals surface area contributed by atoms with Crippen LogP contribution in [-0.2, 0) is 0 Å². The minimum atomic E-state index is -1.63. The SMILES string of the molecule is O=C(Nc1cc(F)c(F)c(F)c1)c1ccc(F)c2cccnc12. The average Bonchev–Trinajstić information content (AvgIpc) is 2.53. The topological polar surface area (TPSA) is 42.0 Å². The molecule has 0 saturated heterocycles. The summed E-state index contributed by atoms with van der Waals surface area (Å²) in [7, 11) is 0. The van der Waals surface area contributed by atoms with Crippen molar-refractivity contribution in [2.45, 2.75) is 0 Å². The Labute approximate surface area is 127 Å². The Kier molecular flexibility index (Phi) is 3.69. The normalized spacial score (nSPS) is 10.8. The lowest BCUT2D eigenvalue weighted by Gasteiger charge is -2.09. The summed E-state index contributed by atoms with van der Waals surface area (Å²) in [4.78, 5) is 16.2. The van der Waals surface area contributed by atoms with Crippen molar-refractivity contribution in [3.63, 3.8) is 0 Å². The number of rotatable bonds is 2. The number of hydrogen-bond acceptors (Lipinski definition) is 2. The first-order valence-corrected chi connectivity index (χ1v) is 6.46. The number of fused-ring (bicyclic) bond motifs is 1. The lowest BCUT2D eigenvalue weighted by molar-refractivity contribution is 0.102. The van der Waals surface area contributed by atoms with Crippen LogP contribution in [0.3, 0.4) is 0 Å². The summed E-state index contributed by atoms with van der Waals surface area (Å²) >= 11 is 0. The molecular weight excluding hydrogens is 312 g/mol. The Hall–Kier alpha value is -2.96. The molecule has 0 aliphatic heterocycles. The summed E-state index contributed by atoms with van der Waals surface area (Å²) in [6, 6.07) is 6.55. The lowest BCUT2D eigenvalue weighted by atomic mass is 10.1. The molecule has 3 aromatic rings. The number of nitrogens with one attached hydrogen (secondary N) is 1. The van der Waals surface area contributed by atoms with Crippen LogP contribution in [0.1, 0.15) is 10.4 Å². The van der Waals surface area contributed by atoms with Gasteiger partial charge in [0.15, 0.2) is 17.5 Å². The van der Waals surface area contributed by atoms with Gasteiger partial charge in [-0.25, -0.2) is 17.6 Å². The molecule has 0 spiro atoms. The quantitative estimate of drug-likeness (QED) is 0.572. The van der Waals surface area contributed by atoms with E-state index >= 15 is 0 Å². The maximum absolute atomic E-state index is 13.7. The molecule has 0 aliphatic rings. The highest BCUT2D eigenvalue weighted by Crippen LogP contribution is 2.22. The number of aromatic nitrogens is 1. The highest BCUT2D eigenvalue weighted by atomic mass is 19.2. The Morgan fingerprint density at radius 2 is 1.65 bits per heavy atom. The molecular formula is C16H8F4N2O. The smallest absolute Gasteiger partial charge is 0.257 e. The largest absolute Gasteiger partial charge is 0.322 e. The fraction of sp³-hybridized carbons (Fsp3) is 0. The third kappa shape index (κ3) is 2.73. The second-order valence-electron chi connectivity index (χ2n) is 4.70. The van der Waals surface area contributed by atoms with Gasteiger partial charge in [-0.15, -0.1) is 0 Å². The summed E-state index contributed by atoms with van der Waals surface area (Å²) in [6.07, 6.45) is 1.38. The van der Waals surface area contributed by atoms with E-state index in [0.29, 0.717) is 12.1 Å². The van der Waals surface area contributed by atoms with Gasteiger partial charge in [0.1, 0.15) is 5.82 Å². The van der Waals surface area contributed by atoms with Crippen LogP contribution in [0.4, 0.5) is 23.2 Å². The van der Waals surface area contributed by atoms with E-state index in [2.05, 4.69) is 10.3 Å². The summed E-state index contributed by atoms with van der Waals surface area (Å²) in [6.45, 7) is 0. The highest BCUT2D eigenvalue weighted by Gasteiger charge is 2.16. The Balaban J connectivity index is 2.00. The first-order chi connectivity index (χ1) is 11.0. The van der Waals surface area contributed by atoms with Crippen molar-refractivity contribution >= 4 is 22.5 Å². The maximum Gasteiger partial charge on any atom is 0.257 e. The van der Waals surface area contributed by atoms with Crippen LogP contribution < -0.4 is 5.32 Å². The molecule has 3 rings (SSSR count). The molecule has 1 N–H and O–H groups in total. The van der Waals surface area contributed by atoms with E-state index < -0.39 is 29.2 Å². The first-order valence-electron chi connectivity index (χ1n) is 6.46. The number of carbonyl (C=O) groups excluding carboxylic acids is 1. The number of carbonyl (C=O) groups is 1. The average molecular weight is 320 g/mol. The molecule has 1 aromatic heterocycles. The zero-order valence-electron chi connectivity index (χ0n) is 11.4. The van der Waals surface area contributed by atoms with Crippen molar-refractivity contribution in [1.29, 1.82) is 0 Å². The lowest BCUT2D eigenvalue weighted by Crippen LogP contribution is -2.14. The number of anilines is 1. The van der Waals surface area contributed by atoms with E-state index in [9.17, 15) is 22.4 Å². The monoisotopic (exact) mass is 320 g/mol. The van der Waals surface area contributed by atoms with Gasteiger partial charge in [-0.1, -0.05) is 0 Å². The van der Waals surface area contributed by atoms with Crippen molar-refractivity contribution in [3.05, 3.63) is 71.4 Å². The number of benzene rings is 2. The van der Waals surface area contributed by atoms with Gasteiger partial charge in [-0.05, 0) is 24.3 Å². The molecule has 1 amide bonds. The summed E-state index contributed by atoms with van der Waals surface area (Å²) < 4.78 is 52.9. The van der Waals surface area contributed by atoms with Gasteiger partial charge in [-0.2, -0.15) is 0 Å². The van der Waals surface area contributed by atoms with Gasteiger partial charge in [0, 0.05) is 29.4 Å². The van der Waals surface area contributed by atoms with Gasteiger partial charge in [0.25, 0.3) is 5.91 Å². The Morgan fingerprint density at radius 3 is 2.35 bits per heavy atom. The molecule has 0 saturated carbocycles. The molecule has 0 fully saturated rings. The fourth-order valence-electron chi connectivity index (χ4n) is 2.15. The molecule has 7 heteroatoms. The fourth-order valence-corrected chi connectivity index (χ4v) is 2.15. The van der Waals surface area contributed by atoms with E-state index in [1.807, 2.05) is 0 Å². The van der Waals surface area contributed by atoms with Crippen LogP contribution in [0.2, 0.25) is 0 Å². The summed E-state index contributed by atoms with van der Waals surface area (Å²) in [5.41, 5.74) is -0.139. The molecule has 3 nitrogen and oxygen atoms in total. The van der Waals surface area contributed by atoms with E-state index in [-0.39, 0.29) is 22.2 Å². The van der Waals surface area contributed by atoms with E-state index in [0.717, 1.165) is 6.07 Å². The molecule has 116 valence electrons. The molecule has 2 aromatic carbocycles. The van der Waals surface area contributed by atoms with Crippen LogP contribution in [0.5, 0.6) is 0 Å². The molecule has 0 unspecified atom stereocenters. The van der Waals surface area contributed by atoms with Crippen molar-refractivity contribution < 1.29 is 22.4 Å². The first kappa shape index (κ1) is 15.0. The maximum atomic E-state index is 13.7. The van der Waals surface area contributed by atoms with E-state index in [4.69, 9.17) is 0 Å². The van der Waals surface area contributed by atoms with Crippen molar-refractivity contribution in [2.75, 3.05) is 5.32 Å². The van der Waals surface area contributed by atoms with Crippen LogP contribution in [0, 0.1) is 23.3 Å². The van der Waals surface area contributed by atoms with Crippen molar-refractivity contribution in [3.8, 4) is 0 Å². The summed E-state index contributed by atoms with van der Waals surface area (Å²) in [5, 5.41) is 2.37. The number of amides is 1. The highest BCUT2D eigenvalue weighted by molar-refractivity contribution is 6.11. The van der Waals surface area contributed by atoms with Gasteiger partial charge >= 0.3 is 0 Å². The Bertz CT molecular complexity index is 904. The Morgan fingerprint density at radius 1 is 0.957 bits per heavy atom. The van der Waals surface area contributed by atoms with E-state index in [1.54, 1.807) is 0 Å². The number of nitrogens with zero attached hydrogens (tertiary/aromatic N) is 1. The minimum Gasteiger partial charge on any atom is -0.322 e. The van der Waals surface area contributed by atoms with Crippen molar-refractivity contribution in [1.82, 2.24) is 4.98 Å². The molecule has 23 heavy (non-hydrogen) atoms. The summed E-state index contributed by atoms with van der Waals surface area (Å²) in [5.74, 6) is -5.79. The molecule has 0 aliphatic carbocycles. The molecule has 1 heterocycles. The van der Waals surface area contributed by atoms with Crippen LogP contribution in [0.15, 0.2) is 42.6 Å². The third-order valence-electron chi connectivity index (χ3n) is 3.20. The molecule has 0 bridgehead atoms. The molecule has 0 atom stereocenters. The number of halogens is 4. The van der Waals surface area contributed by atoms with Gasteiger partial charge < -0.3 is 5.32 Å². The zero-order chi connectivity index (χ0) is 16.6. The predicted octanol–water partition coefficient (Wildman–Crippen LogP) is 4.04. The molecule has 0 radical (unpaired) electrons. The van der Waals surface area contributed by atoms with Gasteiger partial charge in [-0.3, -0.25) is 9.78 Å². The zero-order valence-corrected chi connectivity index (χ0v) is 11.4. The van der Waals surface area contributed by atoms with Crippen LogP contribution in [0.25, 0.3) is 10.9 Å². The number of hydrogen-bond donors (Lipinski definition) is 1. The van der Waals surface area contributed by atoms with E-state index in [1.165, 1.54) is 24.4 Å². The van der Waals surface area contributed by atoms with Crippen LogP contribution >= 0.6 is 0 Å². The van der Waals surface area contributed by atoms with Gasteiger partial charge in [0.05, 0.1) is 11.1 Å². The van der Waals surface area contributed by atoms with Crippen LogP contribution in [-0.4, -0.2) is 10.9 Å². The second kappa shape index (κ2) is 5.68. The predicted molar refractivity (Wildman–Crippen MR) is 76.0 cm³/mol. The van der Waals surface area contributed by atoms with Gasteiger partial charge in [0.2, 0.25) is 0 Å². The second-order valence-corrected chi connectivity index (χ2v) is 4.70. The third-order valence-corrected chi connectivity index (χ3v) is 3.20. The van der Waals surface area contributed by atoms with Crippen molar-refractivity contribution in [2.24, 2.45) is 0 Å². The minimum absolute atomic E-state index is 0.0205. The standard InChI is InChI=1S/C16H8F4N2O/c17-11-4-3-10(15-9(11)2-1-5-21-15)16(23)22-8-6-12(18)14(20)13(19)7-8/h1-7H,(H,22,23).